The highest BCUT2D eigenvalue weighted by atomic mass is 16.2. The number of amides is 2. The van der Waals surface area contributed by atoms with Gasteiger partial charge in [-0.25, -0.2) is 4.79 Å². The van der Waals surface area contributed by atoms with Gasteiger partial charge in [0.25, 0.3) is 0 Å². The molecule has 2 aliphatic heterocycles. The minimum atomic E-state index is 0.166. The van der Waals surface area contributed by atoms with Crippen LogP contribution >= 0.6 is 0 Å². The van der Waals surface area contributed by atoms with Gasteiger partial charge in [-0.05, 0) is 31.5 Å². The van der Waals surface area contributed by atoms with Crippen LogP contribution in [0.1, 0.15) is 18.5 Å². The number of carbonyl (C=O) groups is 1. The molecule has 0 bridgehead atoms. The summed E-state index contributed by atoms with van der Waals surface area (Å²) in [6, 6.07) is 6.37. The highest BCUT2D eigenvalue weighted by molar-refractivity contribution is 5.76. The van der Waals surface area contributed by atoms with Crippen LogP contribution in [0.5, 0.6) is 0 Å². The van der Waals surface area contributed by atoms with E-state index >= 15 is 0 Å². The summed E-state index contributed by atoms with van der Waals surface area (Å²) in [6.45, 7) is 4.29. The predicted octanol–water partition coefficient (Wildman–Crippen LogP) is 1.07. The fraction of sp³-hybridized carbons (Fsp3) is 0.571. The van der Waals surface area contributed by atoms with Crippen LogP contribution in [0, 0.1) is 0 Å². The minimum Gasteiger partial charge on any atom is -0.319 e. The van der Waals surface area contributed by atoms with Crippen molar-refractivity contribution < 1.29 is 4.79 Å². The van der Waals surface area contributed by atoms with E-state index in [2.05, 4.69) is 10.3 Å². The van der Waals surface area contributed by atoms with Gasteiger partial charge in [0.2, 0.25) is 0 Å². The van der Waals surface area contributed by atoms with Gasteiger partial charge in [0.15, 0.2) is 0 Å². The first kappa shape index (κ1) is 12.4. The van der Waals surface area contributed by atoms with Gasteiger partial charge >= 0.3 is 6.03 Å². The van der Waals surface area contributed by atoms with Crippen LogP contribution < -0.4 is 5.32 Å². The minimum absolute atomic E-state index is 0.166. The number of hydrogen-bond donors (Lipinski definition) is 1. The van der Waals surface area contributed by atoms with Crippen LogP contribution in [0.15, 0.2) is 24.4 Å². The maximum absolute atomic E-state index is 12.4. The molecule has 3 rings (SSSR count). The Morgan fingerprint density at radius 1 is 1.37 bits per heavy atom. The normalized spacial score (nSPS) is 24.0. The van der Waals surface area contributed by atoms with Crippen molar-refractivity contribution in [3.05, 3.63) is 30.1 Å². The van der Waals surface area contributed by atoms with Crippen LogP contribution in [0.4, 0.5) is 4.79 Å². The third kappa shape index (κ3) is 2.71. The van der Waals surface area contributed by atoms with Gasteiger partial charge in [-0.15, -0.1) is 0 Å². The molecule has 0 aliphatic carbocycles. The molecular formula is C14H20N4O. The zero-order chi connectivity index (χ0) is 13.1. The van der Waals surface area contributed by atoms with Crippen molar-refractivity contribution in [3.8, 4) is 0 Å². The van der Waals surface area contributed by atoms with E-state index in [4.69, 9.17) is 0 Å². The number of nitrogens with zero attached hydrogens (tertiary/aromatic N) is 3. The van der Waals surface area contributed by atoms with E-state index in [-0.39, 0.29) is 6.03 Å². The Balaban J connectivity index is 1.62. The second kappa shape index (κ2) is 5.57. The van der Waals surface area contributed by atoms with Gasteiger partial charge in [-0.3, -0.25) is 4.98 Å². The van der Waals surface area contributed by atoms with Gasteiger partial charge in [-0.1, -0.05) is 6.07 Å². The molecule has 102 valence electrons. The molecular weight excluding hydrogens is 240 g/mol. The summed E-state index contributed by atoms with van der Waals surface area (Å²) in [4.78, 5) is 20.6. The van der Waals surface area contributed by atoms with Crippen molar-refractivity contribution in [1.29, 1.82) is 0 Å². The van der Waals surface area contributed by atoms with Crippen molar-refractivity contribution in [2.24, 2.45) is 0 Å². The molecule has 2 saturated heterocycles. The van der Waals surface area contributed by atoms with Crippen molar-refractivity contribution >= 4 is 6.03 Å². The fourth-order valence-electron chi connectivity index (χ4n) is 2.87. The molecule has 2 amide bonds. The average Bonchev–Trinajstić information content (AvgIpc) is 2.82. The molecule has 0 spiro atoms. The van der Waals surface area contributed by atoms with Crippen molar-refractivity contribution in [2.45, 2.75) is 25.4 Å². The second-order valence-corrected chi connectivity index (χ2v) is 5.22. The molecule has 1 atom stereocenters. The number of aromatic nitrogens is 1. The summed E-state index contributed by atoms with van der Waals surface area (Å²) in [5, 5.41) is 3.37. The van der Waals surface area contributed by atoms with Gasteiger partial charge < -0.3 is 15.1 Å². The summed E-state index contributed by atoms with van der Waals surface area (Å²) in [7, 11) is 0. The first-order valence-electron chi connectivity index (χ1n) is 7.01. The molecule has 19 heavy (non-hydrogen) atoms. The summed E-state index contributed by atoms with van der Waals surface area (Å²) in [5.41, 5.74) is 0.958. The van der Waals surface area contributed by atoms with Gasteiger partial charge in [-0.2, -0.15) is 0 Å². The molecule has 5 nitrogen and oxygen atoms in total. The first-order chi connectivity index (χ1) is 9.34. The summed E-state index contributed by atoms with van der Waals surface area (Å²) >= 11 is 0. The van der Waals surface area contributed by atoms with Crippen molar-refractivity contribution in [1.82, 2.24) is 20.1 Å². The van der Waals surface area contributed by atoms with Crippen LogP contribution in [0.2, 0.25) is 0 Å². The Labute approximate surface area is 113 Å². The molecule has 1 aromatic rings. The third-order valence-electron chi connectivity index (χ3n) is 3.92. The summed E-state index contributed by atoms with van der Waals surface area (Å²) in [6.07, 6.45) is 4.06. The number of pyridine rings is 1. The maximum Gasteiger partial charge on any atom is 0.320 e. The van der Waals surface area contributed by atoms with Crippen LogP contribution in [0.25, 0.3) is 0 Å². The van der Waals surface area contributed by atoms with Crippen LogP contribution in [0.3, 0.4) is 0 Å². The highest BCUT2D eigenvalue weighted by Gasteiger charge is 2.34. The zero-order valence-electron chi connectivity index (χ0n) is 11.1. The largest absolute Gasteiger partial charge is 0.320 e. The Bertz CT molecular complexity index is 430. The third-order valence-corrected chi connectivity index (χ3v) is 3.92. The van der Waals surface area contributed by atoms with Gasteiger partial charge in [0.05, 0.1) is 12.2 Å². The average molecular weight is 260 g/mol. The first-order valence-corrected chi connectivity index (χ1v) is 7.01. The predicted molar refractivity (Wildman–Crippen MR) is 72.6 cm³/mol. The maximum atomic E-state index is 12.4. The molecule has 0 radical (unpaired) electrons. The number of rotatable bonds is 3. The topological polar surface area (TPSA) is 48.5 Å². The number of nitrogens with one attached hydrogen (secondary N) is 1. The molecule has 0 saturated carbocycles. The Kier molecular flexibility index (Phi) is 3.64. The van der Waals surface area contributed by atoms with E-state index in [9.17, 15) is 4.79 Å². The molecule has 5 heteroatoms. The molecule has 3 heterocycles. The number of carbonyl (C=O) groups excluding carboxylic acids is 1. The van der Waals surface area contributed by atoms with Crippen molar-refractivity contribution in [3.63, 3.8) is 0 Å². The molecule has 1 unspecified atom stereocenters. The van der Waals surface area contributed by atoms with E-state index in [1.165, 1.54) is 0 Å². The molecule has 2 fully saturated rings. The quantitative estimate of drug-likeness (QED) is 0.884. The van der Waals surface area contributed by atoms with Crippen LogP contribution in [-0.4, -0.2) is 53.0 Å². The molecule has 1 aromatic heterocycles. The lowest BCUT2D eigenvalue weighted by molar-refractivity contribution is 0.166. The Morgan fingerprint density at radius 2 is 2.32 bits per heavy atom. The Morgan fingerprint density at radius 3 is 3.05 bits per heavy atom. The molecule has 1 N–H and O–H groups in total. The van der Waals surface area contributed by atoms with E-state index in [0.717, 1.165) is 44.7 Å². The SMILES string of the molecule is O=C1N(Cc2ccccn2)CCN1C1CCCNC1. The van der Waals surface area contributed by atoms with E-state index in [1.54, 1.807) is 6.20 Å². The number of piperidine rings is 1. The number of hydrogen-bond acceptors (Lipinski definition) is 3. The van der Waals surface area contributed by atoms with E-state index in [1.807, 2.05) is 28.0 Å². The molecule has 0 aromatic carbocycles. The monoisotopic (exact) mass is 260 g/mol. The van der Waals surface area contributed by atoms with E-state index < -0.39 is 0 Å². The smallest absolute Gasteiger partial charge is 0.319 e. The highest BCUT2D eigenvalue weighted by Crippen LogP contribution is 2.18. The van der Waals surface area contributed by atoms with Crippen LogP contribution in [-0.2, 0) is 6.54 Å². The zero-order valence-corrected chi connectivity index (χ0v) is 11.1. The lowest BCUT2D eigenvalue weighted by Crippen LogP contribution is -2.47. The fourth-order valence-corrected chi connectivity index (χ4v) is 2.87. The van der Waals surface area contributed by atoms with Crippen molar-refractivity contribution in [2.75, 3.05) is 26.2 Å². The van der Waals surface area contributed by atoms with E-state index in [0.29, 0.717) is 12.6 Å². The van der Waals surface area contributed by atoms with Gasteiger partial charge in [0, 0.05) is 31.9 Å². The summed E-state index contributed by atoms with van der Waals surface area (Å²) < 4.78 is 0. The molecule has 2 aliphatic rings. The lowest BCUT2D eigenvalue weighted by Gasteiger charge is -2.31. The number of urea groups is 1. The van der Waals surface area contributed by atoms with Gasteiger partial charge in [0.1, 0.15) is 0 Å². The second-order valence-electron chi connectivity index (χ2n) is 5.22. The lowest BCUT2D eigenvalue weighted by atomic mass is 10.1. The summed E-state index contributed by atoms with van der Waals surface area (Å²) in [5.74, 6) is 0. The Hall–Kier alpha value is -1.62. The standard InChI is InChI=1S/C14H20N4O/c19-14-17(11-12-4-1-2-7-16-12)8-9-18(14)13-5-3-6-15-10-13/h1-2,4,7,13,15H,3,5-6,8-11H2.